The van der Waals surface area contributed by atoms with Crippen LogP contribution in [-0.2, 0) is 19.3 Å². The molecular weight excluding hydrogens is 472 g/mol. The van der Waals surface area contributed by atoms with Crippen molar-refractivity contribution in [1.29, 1.82) is 0 Å². The van der Waals surface area contributed by atoms with Crippen LogP contribution in [0, 0.1) is 5.92 Å². The van der Waals surface area contributed by atoms with Gasteiger partial charge in [-0.15, -0.1) is 0 Å². The Balaban J connectivity index is 1.92. The fraction of sp³-hybridized carbons (Fsp3) is 0.405. The third-order valence-electron chi connectivity index (χ3n) is 8.39. The second-order valence-electron chi connectivity index (χ2n) is 11.4. The molecule has 0 N–H and O–H groups in total. The van der Waals surface area contributed by atoms with Gasteiger partial charge >= 0.3 is 0 Å². The first kappa shape index (κ1) is 28.4. The normalized spacial score (nSPS) is 15.4. The van der Waals surface area contributed by atoms with Crippen molar-refractivity contribution in [2.24, 2.45) is 5.92 Å². The van der Waals surface area contributed by atoms with Crippen molar-refractivity contribution in [3.63, 3.8) is 0 Å². The molecule has 3 aromatic carbocycles. The topological polar surface area (TPSA) is 0 Å². The van der Waals surface area contributed by atoms with Gasteiger partial charge in [-0.05, 0) is 88.8 Å². The second-order valence-corrected chi connectivity index (χ2v) is 15.2. The lowest BCUT2D eigenvalue weighted by Gasteiger charge is -2.36. The number of aryl methyl sites for hydroxylation is 3. The highest BCUT2D eigenvalue weighted by Gasteiger charge is 2.44. The molecule has 0 spiro atoms. The van der Waals surface area contributed by atoms with E-state index in [1.807, 2.05) is 0 Å². The largest absolute Gasteiger partial charge is 0.179 e. The molecule has 0 bridgehead atoms. The first-order valence-corrected chi connectivity index (χ1v) is 17.2. The number of hydrogen-bond donors (Lipinski definition) is 0. The summed E-state index contributed by atoms with van der Waals surface area (Å²) in [6, 6.07) is 29.3. The maximum Gasteiger partial charge on any atom is 0.179 e. The van der Waals surface area contributed by atoms with Crippen LogP contribution < -0.4 is 15.6 Å². The van der Waals surface area contributed by atoms with E-state index in [0.29, 0.717) is 5.92 Å². The smallest absolute Gasteiger partial charge is 0.0773 e. The van der Waals surface area contributed by atoms with Gasteiger partial charge in [-0.3, -0.25) is 0 Å². The van der Waals surface area contributed by atoms with Gasteiger partial charge < -0.3 is 0 Å². The zero-order valence-corrected chi connectivity index (χ0v) is 25.5. The Kier molecular flexibility index (Phi) is 10.0. The van der Waals surface area contributed by atoms with E-state index in [-0.39, 0.29) is 0 Å². The number of hydrogen-bond acceptors (Lipinski definition) is 0. The number of benzene rings is 3. The number of rotatable bonds is 13. The third-order valence-corrected chi connectivity index (χ3v) is 13.4. The Hall–Kier alpha value is -2.64. The monoisotopic (exact) mass is 520 g/mol. The summed E-state index contributed by atoms with van der Waals surface area (Å²) in [5, 5.41) is 6.10. The summed E-state index contributed by atoms with van der Waals surface area (Å²) in [6.45, 7) is 11.5. The highest BCUT2D eigenvalue weighted by atomic mass is 28.3. The molecule has 0 aliphatic heterocycles. The first-order valence-electron chi connectivity index (χ1n) is 15.2. The Morgan fingerprint density at radius 1 is 0.526 bits per heavy atom. The van der Waals surface area contributed by atoms with E-state index >= 15 is 0 Å². The van der Waals surface area contributed by atoms with Crippen LogP contribution in [0.15, 0.2) is 95.7 Å². The minimum atomic E-state index is -2.47. The molecule has 0 amide bonds. The zero-order chi connectivity index (χ0) is 27.0. The van der Waals surface area contributed by atoms with Crippen molar-refractivity contribution < 1.29 is 0 Å². The number of allylic oxidation sites excluding steroid dienone is 4. The van der Waals surface area contributed by atoms with Crippen molar-refractivity contribution >= 4 is 23.6 Å². The van der Waals surface area contributed by atoms with Crippen LogP contribution in [0.4, 0.5) is 0 Å². The predicted octanol–water partition coefficient (Wildman–Crippen LogP) is 8.25. The summed E-state index contributed by atoms with van der Waals surface area (Å²) >= 11 is 0. The molecule has 1 aliphatic carbocycles. The maximum absolute atomic E-state index is 2.57. The van der Waals surface area contributed by atoms with Crippen molar-refractivity contribution in [2.45, 2.75) is 92.4 Å². The molecule has 0 saturated carbocycles. The van der Waals surface area contributed by atoms with Gasteiger partial charge in [-0.25, -0.2) is 0 Å². The van der Waals surface area contributed by atoms with Crippen molar-refractivity contribution in [1.82, 2.24) is 0 Å². The molecule has 0 aromatic heterocycles. The number of unbranched alkanes of at least 4 members (excludes halogenated alkanes) is 3. The fourth-order valence-corrected chi connectivity index (χ4v) is 11.3. The average Bonchev–Trinajstić information content (AvgIpc) is 3.29. The summed E-state index contributed by atoms with van der Waals surface area (Å²) in [5.41, 5.74) is 5.85. The maximum atomic E-state index is 2.57. The van der Waals surface area contributed by atoms with Crippen molar-refractivity contribution in [2.75, 3.05) is 0 Å². The molecule has 0 fully saturated rings. The first-order chi connectivity index (χ1) is 18.5. The van der Waals surface area contributed by atoms with E-state index < -0.39 is 8.07 Å². The van der Waals surface area contributed by atoms with Crippen LogP contribution >= 0.6 is 0 Å². The van der Waals surface area contributed by atoms with E-state index in [1.54, 1.807) is 5.20 Å². The van der Waals surface area contributed by atoms with Crippen LogP contribution in [0.25, 0.3) is 0 Å². The minimum absolute atomic E-state index is 0.480. The van der Waals surface area contributed by atoms with Crippen LogP contribution in [0.2, 0.25) is 0 Å². The Labute approximate surface area is 233 Å². The molecule has 0 radical (unpaired) electrons. The molecule has 38 heavy (non-hydrogen) atoms. The molecule has 1 unspecified atom stereocenters. The van der Waals surface area contributed by atoms with E-state index in [9.17, 15) is 0 Å². The zero-order valence-electron chi connectivity index (χ0n) is 24.5. The average molecular weight is 521 g/mol. The van der Waals surface area contributed by atoms with Gasteiger partial charge in [-0.2, -0.15) is 0 Å². The summed E-state index contributed by atoms with van der Waals surface area (Å²) in [5.74, 6) is 0.480. The summed E-state index contributed by atoms with van der Waals surface area (Å²) in [4.78, 5) is 0. The highest BCUT2D eigenvalue weighted by Crippen LogP contribution is 2.31. The molecule has 0 heterocycles. The molecule has 4 rings (SSSR count). The quantitative estimate of drug-likeness (QED) is 0.157. The Morgan fingerprint density at radius 3 is 1.13 bits per heavy atom. The Morgan fingerprint density at radius 2 is 0.868 bits per heavy atom. The summed E-state index contributed by atoms with van der Waals surface area (Å²) in [6.07, 6.45) is 16.0. The fourth-order valence-electron chi connectivity index (χ4n) is 6.22. The lowest BCUT2D eigenvalue weighted by molar-refractivity contribution is 0.795. The molecular formula is C37H48Si. The lowest BCUT2D eigenvalue weighted by atomic mass is 10.1. The van der Waals surface area contributed by atoms with E-state index in [1.165, 1.54) is 95.6 Å². The van der Waals surface area contributed by atoms with Gasteiger partial charge in [0, 0.05) is 0 Å². The Bertz CT molecular complexity index is 1080. The van der Waals surface area contributed by atoms with Crippen molar-refractivity contribution in [3.8, 4) is 0 Å². The van der Waals surface area contributed by atoms with Crippen LogP contribution in [-0.4, -0.2) is 8.07 Å². The molecule has 200 valence electrons. The summed E-state index contributed by atoms with van der Waals surface area (Å²) in [7, 11) is -2.47. The van der Waals surface area contributed by atoms with Gasteiger partial charge in [0.1, 0.15) is 0 Å². The molecule has 1 heteroatoms. The third kappa shape index (κ3) is 6.15. The molecule has 1 aliphatic rings. The van der Waals surface area contributed by atoms with Crippen LogP contribution in [0.3, 0.4) is 0 Å². The summed E-state index contributed by atoms with van der Waals surface area (Å²) < 4.78 is 0. The van der Waals surface area contributed by atoms with Gasteiger partial charge in [-0.1, -0.05) is 137 Å². The predicted molar refractivity (Wildman–Crippen MR) is 171 cm³/mol. The molecule has 3 aromatic rings. The standard InChI is InChI=1S/C37H48Si/c1-6-9-12-31-15-21-34(22-16-31)38(37-28-29(4)27-30(37)5,35-23-17-32(18-24-35)13-10-7-2)36-25-19-33(20-26-36)14-11-8-3/h15-29H,6-14H2,1-5H3. The SMILES string of the molecule is CCCCc1ccc([Si](C2=CC(C)C=C2C)(c2ccc(CCCC)cc2)c2ccc(CCCC)cc2)cc1. The lowest BCUT2D eigenvalue weighted by Crippen LogP contribution is -2.68. The molecule has 0 saturated heterocycles. The van der Waals surface area contributed by atoms with E-state index in [2.05, 4.69) is 120 Å². The minimum Gasteiger partial charge on any atom is -0.0773 e. The van der Waals surface area contributed by atoms with E-state index in [0.717, 1.165) is 0 Å². The van der Waals surface area contributed by atoms with Crippen LogP contribution in [0.5, 0.6) is 0 Å². The molecule has 1 atom stereocenters. The highest BCUT2D eigenvalue weighted by molar-refractivity contribution is 7.16. The van der Waals surface area contributed by atoms with Gasteiger partial charge in [0.2, 0.25) is 0 Å². The van der Waals surface area contributed by atoms with E-state index in [4.69, 9.17) is 0 Å². The van der Waals surface area contributed by atoms with Gasteiger partial charge in [0.05, 0.1) is 0 Å². The van der Waals surface area contributed by atoms with Crippen molar-refractivity contribution in [3.05, 3.63) is 112 Å². The van der Waals surface area contributed by atoms with Gasteiger partial charge in [0.25, 0.3) is 0 Å². The van der Waals surface area contributed by atoms with Gasteiger partial charge in [0.15, 0.2) is 8.07 Å². The second kappa shape index (κ2) is 13.4. The molecule has 0 nitrogen and oxygen atoms in total. The van der Waals surface area contributed by atoms with Crippen LogP contribution in [0.1, 0.15) is 89.8 Å².